The van der Waals surface area contributed by atoms with Crippen LogP contribution in [0.15, 0.2) is 29.2 Å². The second kappa shape index (κ2) is 5.29. The lowest BCUT2D eigenvalue weighted by Crippen LogP contribution is -2.45. The van der Waals surface area contributed by atoms with Gasteiger partial charge in [0, 0.05) is 13.1 Å². The van der Waals surface area contributed by atoms with Crippen LogP contribution in [-0.2, 0) is 10.0 Å². The molecule has 0 spiro atoms. The molecular formula is C13H16N2O3S. The molecule has 1 aromatic rings. The van der Waals surface area contributed by atoms with Crippen LogP contribution >= 0.6 is 0 Å². The van der Waals surface area contributed by atoms with Crippen molar-refractivity contribution in [1.29, 1.82) is 5.26 Å². The van der Waals surface area contributed by atoms with Crippen molar-refractivity contribution in [3.05, 3.63) is 29.8 Å². The Morgan fingerprint density at radius 3 is 2.84 bits per heavy atom. The molecule has 2 unspecified atom stereocenters. The molecule has 1 aliphatic rings. The van der Waals surface area contributed by atoms with Gasteiger partial charge in [0.05, 0.1) is 22.6 Å². The highest BCUT2D eigenvalue weighted by Gasteiger charge is 2.32. The Morgan fingerprint density at radius 2 is 2.21 bits per heavy atom. The largest absolute Gasteiger partial charge is 0.391 e. The van der Waals surface area contributed by atoms with E-state index in [-0.39, 0.29) is 17.4 Å². The van der Waals surface area contributed by atoms with Crippen LogP contribution in [0.1, 0.15) is 18.9 Å². The van der Waals surface area contributed by atoms with Crippen molar-refractivity contribution in [2.45, 2.75) is 24.3 Å². The zero-order valence-electron chi connectivity index (χ0n) is 10.7. The van der Waals surface area contributed by atoms with E-state index < -0.39 is 16.1 Å². The Morgan fingerprint density at radius 1 is 1.47 bits per heavy atom. The number of nitriles is 1. The van der Waals surface area contributed by atoms with Gasteiger partial charge in [-0.3, -0.25) is 0 Å². The summed E-state index contributed by atoms with van der Waals surface area (Å²) in [5.41, 5.74) is 0.312. The number of benzene rings is 1. The molecule has 2 atom stereocenters. The van der Waals surface area contributed by atoms with Gasteiger partial charge < -0.3 is 5.11 Å². The molecule has 0 aromatic heterocycles. The SMILES string of the molecule is CC1CCN(S(=O)(=O)c2cccc(C#N)c2)CC1O. The standard InChI is InChI=1S/C13H16N2O3S/c1-10-5-6-15(9-13(10)16)19(17,18)12-4-2-3-11(7-12)8-14/h2-4,7,10,13,16H,5-6,9H2,1H3. The number of hydrogen-bond donors (Lipinski definition) is 1. The van der Waals surface area contributed by atoms with Gasteiger partial charge in [0.25, 0.3) is 0 Å². The molecular weight excluding hydrogens is 264 g/mol. The first-order valence-corrected chi connectivity index (χ1v) is 7.57. The quantitative estimate of drug-likeness (QED) is 0.874. The molecule has 0 aliphatic carbocycles. The molecule has 0 amide bonds. The number of aliphatic hydroxyl groups excluding tert-OH is 1. The molecule has 1 saturated heterocycles. The summed E-state index contributed by atoms with van der Waals surface area (Å²) in [6, 6.07) is 7.87. The average molecular weight is 280 g/mol. The molecule has 2 rings (SSSR count). The summed E-state index contributed by atoms with van der Waals surface area (Å²) < 4.78 is 26.1. The van der Waals surface area contributed by atoms with E-state index in [9.17, 15) is 13.5 Å². The van der Waals surface area contributed by atoms with Crippen LogP contribution < -0.4 is 0 Å². The van der Waals surface area contributed by atoms with Crippen molar-refractivity contribution in [3.63, 3.8) is 0 Å². The molecule has 0 saturated carbocycles. The highest BCUT2D eigenvalue weighted by Crippen LogP contribution is 2.24. The number of aliphatic hydroxyl groups is 1. The summed E-state index contributed by atoms with van der Waals surface area (Å²) in [5, 5.41) is 18.6. The van der Waals surface area contributed by atoms with Crippen LogP contribution in [0.4, 0.5) is 0 Å². The molecule has 0 bridgehead atoms. The molecule has 19 heavy (non-hydrogen) atoms. The molecule has 1 N–H and O–H groups in total. The summed E-state index contributed by atoms with van der Waals surface area (Å²) in [4.78, 5) is 0.105. The molecule has 0 radical (unpaired) electrons. The highest BCUT2D eigenvalue weighted by molar-refractivity contribution is 7.89. The average Bonchev–Trinajstić information content (AvgIpc) is 2.41. The van der Waals surface area contributed by atoms with E-state index in [2.05, 4.69) is 0 Å². The summed E-state index contributed by atoms with van der Waals surface area (Å²) in [5.74, 6) is 0.108. The van der Waals surface area contributed by atoms with Crippen LogP contribution in [0.2, 0.25) is 0 Å². The fraction of sp³-hybridized carbons (Fsp3) is 0.462. The van der Waals surface area contributed by atoms with Gasteiger partial charge in [-0.25, -0.2) is 8.42 Å². The van der Waals surface area contributed by atoms with Gasteiger partial charge in [-0.2, -0.15) is 9.57 Å². The lowest BCUT2D eigenvalue weighted by atomic mass is 9.98. The Balaban J connectivity index is 2.30. The van der Waals surface area contributed by atoms with Crippen LogP contribution in [0.3, 0.4) is 0 Å². The maximum Gasteiger partial charge on any atom is 0.243 e. The van der Waals surface area contributed by atoms with Crippen molar-refractivity contribution in [3.8, 4) is 6.07 Å². The number of hydrogen-bond acceptors (Lipinski definition) is 4. The van der Waals surface area contributed by atoms with E-state index in [1.165, 1.54) is 16.4 Å². The van der Waals surface area contributed by atoms with Gasteiger partial charge in [-0.05, 0) is 30.5 Å². The molecule has 1 fully saturated rings. The summed E-state index contributed by atoms with van der Waals surface area (Å²) in [7, 11) is -3.63. The van der Waals surface area contributed by atoms with Gasteiger partial charge in [0.15, 0.2) is 0 Å². The van der Waals surface area contributed by atoms with Crippen LogP contribution in [0.25, 0.3) is 0 Å². The first-order chi connectivity index (χ1) is 8.95. The van der Waals surface area contributed by atoms with Gasteiger partial charge >= 0.3 is 0 Å². The molecule has 1 heterocycles. The fourth-order valence-corrected chi connectivity index (χ4v) is 3.63. The van der Waals surface area contributed by atoms with E-state index in [1.807, 2.05) is 13.0 Å². The maximum atomic E-state index is 12.4. The smallest absolute Gasteiger partial charge is 0.243 e. The van der Waals surface area contributed by atoms with Gasteiger partial charge in [0.2, 0.25) is 10.0 Å². The predicted octanol–water partition coefficient (Wildman–Crippen LogP) is 0.950. The second-order valence-electron chi connectivity index (χ2n) is 4.84. The minimum atomic E-state index is -3.63. The highest BCUT2D eigenvalue weighted by atomic mass is 32.2. The monoisotopic (exact) mass is 280 g/mol. The number of rotatable bonds is 2. The second-order valence-corrected chi connectivity index (χ2v) is 6.77. The van der Waals surface area contributed by atoms with Crippen LogP contribution in [0, 0.1) is 17.2 Å². The van der Waals surface area contributed by atoms with Crippen molar-refractivity contribution in [1.82, 2.24) is 4.31 Å². The van der Waals surface area contributed by atoms with Crippen molar-refractivity contribution in [2.75, 3.05) is 13.1 Å². The minimum absolute atomic E-state index is 0.105. The fourth-order valence-electron chi connectivity index (χ4n) is 2.11. The molecule has 5 nitrogen and oxygen atoms in total. The normalized spacial score (nSPS) is 24.9. The van der Waals surface area contributed by atoms with E-state index in [0.29, 0.717) is 18.5 Å². The molecule has 1 aromatic carbocycles. The minimum Gasteiger partial charge on any atom is -0.391 e. The third-order valence-corrected chi connectivity index (χ3v) is 5.34. The summed E-state index contributed by atoms with van der Waals surface area (Å²) >= 11 is 0. The van der Waals surface area contributed by atoms with Crippen molar-refractivity contribution < 1.29 is 13.5 Å². The third kappa shape index (κ3) is 2.78. The Bertz CT molecular complexity index is 607. The maximum absolute atomic E-state index is 12.4. The van der Waals surface area contributed by atoms with Gasteiger partial charge in [0.1, 0.15) is 0 Å². The Labute approximate surface area is 113 Å². The van der Waals surface area contributed by atoms with E-state index in [0.717, 1.165) is 0 Å². The lowest BCUT2D eigenvalue weighted by Gasteiger charge is -2.33. The first-order valence-electron chi connectivity index (χ1n) is 6.13. The van der Waals surface area contributed by atoms with Gasteiger partial charge in [-0.15, -0.1) is 0 Å². The summed E-state index contributed by atoms with van der Waals surface area (Å²) in [6.07, 6.45) is 0.000827. The molecule has 102 valence electrons. The van der Waals surface area contributed by atoms with Crippen molar-refractivity contribution in [2.24, 2.45) is 5.92 Å². The first kappa shape index (κ1) is 14.0. The molecule has 6 heteroatoms. The van der Waals surface area contributed by atoms with Crippen LogP contribution in [-0.4, -0.2) is 37.0 Å². The Hall–Kier alpha value is -1.42. The zero-order chi connectivity index (χ0) is 14.0. The van der Waals surface area contributed by atoms with E-state index >= 15 is 0 Å². The number of sulfonamides is 1. The van der Waals surface area contributed by atoms with E-state index in [1.54, 1.807) is 12.1 Å². The Kier molecular flexibility index (Phi) is 3.90. The topological polar surface area (TPSA) is 81.4 Å². The number of piperidine rings is 1. The summed E-state index contributed by atoms with van der Waals surface area (Å²) in [6.45, 7) is 2.42. The van der Waals surface area contributed by atoms with Gasteiger partial charge in [-0.1, -0.05) is 13.0 Å². The number of nitrogens with zero attached hydrogens (tertiary/aromatic N) is 2. The zero-order valence-corrected chi connectivity index (χ0v) is 11.5. The van der Waals surface area contributed by atoms with E-state index in [4.69, 9.17) is 5.26 Å². The van der Waals surface area contributed by atoms with Crippen LogP contribution in [0.5, 0.6) is 0 Å². The lowest BCUT2D eigenvalue weighted by molar-refractivity contribution is 0.0605. The predicted molar refractivity (Wildman–Crippen MR) is 69.7 cm³/mol. The third-order valence-electron chi connectivity index (χ3n) is 3.48. The number of β-amino-alcohol motifs (C(OH)–C–C–N with tert-alkyl or cyclic N) is 1. The molecule has 1 aliphatic heterocycles. The van der Waals surface area contributed by atoms with Crippen molar-refractivity contribution >= 4 is 10.0 Å².